The van der Waals surface area contributed by atoms with E-state index in [0.717, 1.165) is 23.0 Å². The minimum atomic E-state index is -4.56. The van der Waals surface area contributed by atoms with Crippen molar-refractivity contribution in [3.8, 4) is 6.01 Å². The molecule has 29 heavy (non-hydrogen) atoms. The zero-order valence-corrected chi connectivity index (χ0v) is 15.4. The highest BCUT2D eigenvalue weighted by molar-refractivity contribution is 5.98. The molecule has 2 heterocycles. The molecule has 0 spiro atoms. The molecule has 1 aliphatic heterocycles. The van der Waals surface area contributed by atoms with Crippen LogP contribution in [0.1, 0.15) is 28.9 Å². The molecule has 5 nitrogen and oxygen atoms in total. The second-order valence-electron chi connectivity index (χ2n) is 6.92. The fourth-order valence-corrected chi connectivity index (χ4v) is 3.43. The van der Waals surface area contributed by atoms with E-state index in [1.54, 1.807) is 11.0 Å². The summed E-state index contributed by atoms with van der Waals surface area (Å²) in [7, 11) is 0. The minimum Gasteiger partial charge on any atom is -0.458 e. The van der Waals surface area contributed by atoms with Gasteiger partial charge in [-0.25, -0.2) is 4.98 Å². The van der Waals surface area contributed by atoms with Crippen LogP contribution in [0.5, 0.6) is 6.01 Å². The summed E-state index contributed by atoms with van der Waals surface area (Å²) in [6, 6.07) is 13.8. The molecule has 3 aromatic rings. The van der Waals surface area contributed by atoms with E-state index < -0.39 is 18.0 Å². The average Bonchev–Trinajstić information content (AvgIpc) is 2.72. The van der Waals surface area contributed by atoms with Gasteiger partial charge in [-0.3, -0.25) is 4.79 Å². The smallest absolute Gasteiger partial charge is 0.433 e. The van der Waals surface area contributed by atoms with E-state index in [4.69, 9.17) is 4.74 Å². The molecular weight excluding hydrogens is 383 g/mol. The number of alkyl halides is 3. The van der Waals surface area contributed by atoms with Crippen molar-refractivity contribution in [1.82, 2.24) is 14.9 Å². The van der Waals surface area contributed by atoms with Gasteiger partial charge < -0.3 is 9.64 Å². The van der Waals surface area contributed by atoms with Gasteiger partial charge in [-0.2, -0.15) is 18.2 Å². The monoisotopic (exact) mass is 401 g/mol. The first-order valence-electron chi connectivity index (χ1n) is 9.25. The molecule has 4 rings (SSSR count). The topological polar surface area (TPSA) is 55.3 Å². The number of hydrogen-bond acceptors (Lipinski definition) is 4. The first kappa shape index (κ1) is 19.2. The summed E-state index contributed by atoms with van der Waals surface area (Å²) in [5.41, 5.74) is -0.484. The molecule has 1 unspecified atom stereocenters. The molecule has 1 fully saturated rings. The lowest BCUT2D eigenvalue weighted by molar-refractivity contribution is -0.141. The SMILES string of the molecule is O=C(c1ccc2ccccc2c1)N1CCCC(Oc2nccc(C(F)(F)F)n2)C1. The Balaban J connectivity index is 1.47. The molecule has 0 aliphatic carbocycles. The Hall–Kier alpha value is -3.16. The van der Waals surface area contributed by atoms with E-state index in [1.807, 2.05) is 36.4 Å². The summed E-state index contributed by atoms with van der Waals surface area (Å²) in [6.07, 6.45) is -2.71. The number of aromatic nitrogens is 2. The van der Waals surface area contributed by atoms with Crippen LogP contribution in [0.25, 0.3) is 10.8 Å². The third kappa shape index (κ3) is 4.31. The van der Waals surface area contributed by atoms with E-state index in [-0.39, 0.29) is 18.5 Å². The Labute approximate surface area is 165 Å². The molecule has 150 valence electrons. The Morgan fingerprint density at radius 1 is 1.10 bits per heavy atom. The number of carbonyl (C=O) groups is 1. The molecule has 8 heteroatoms. The zero-order chi connectivity index (χ0) is 20.4. The second-order valence-corrected chi connectivity index (χ2v) is 6.92. The van der Waals surface area contributed by atoms with Gasteiger partial charge in [0, 0.05) is 18.3 Å². The molecule has 0 radical (unpaired) electrons. The Kier molecular flexibility index (Phi) is 5.08. The van der Waals surface area contributed by atoms with Crippen molar-refractivity contribution in [1.29, 1.82) is 0 Å². The second kappa shape index (κ2) is 7.69. The molecule has 1 amide bonds. The summed E-state index contributed by atoms with van der Waals surface area (Å²) in [6.45, 7) is 0.834. The molecule has 0 saturated carbocycles. The zero-order valence-electron chi connectivity index (χ0n) is 15.4. The van der Waals surface area contributed by atoms with Crippen molar-refractivity contribution < 1.29 is 22.7 Å². The standard InChI is InChI=1S/C21H18F3N3O2/c22-21(23,24)18-9-10-25-20(26-18)29-17-6-3-11-27(13-17)19(28)16-8-7-14-4-1-2-5-15(14)12-16/h1-2,4-5,7-10,12,17H,3,6,11,13H2. The van der Waals surface area contributed by atoms with Crippen LogP contribution in [-0.2, 0) is 6.18 Å². The number of amides is 1. The number of halogens is 3. The molecule has 0 bridgehead atoms. The summed E-state index contributed by atoms with van der Waals surface area (Å²) in [5, 5.41) is 2.02. The van der Waals surface area contributed by atoms with Gasteiger partial charge in [0.15, 0.2) is 5.69 Å². The van der Waals surface area contributed by atoms with E-state index in [2.05, 4.69) is 9.97 Å². The number of rotatable bonds is 3. The molecule has 1 saturated heterocycles. The van der Waals surface area contributed by atoms with Crippen molar-refractivity contribution in [2.75, 3.05) is 13.1 Å². The molecule has 0 N–H and O–H groups in total. The van der Waals surface area contributed by atoms with Gasteiger partial charge in [-0.15, -0.1) is 0 Å². The van der Waals surface area contributed by atoms with Crippen molar-refractivity contribution in [2.24, 2.45) is 0 Å². The summed E-state index contributed by atoms with van der Waals surface area (Å²) in [5.74, 6) is -0.131. The number of hydrogen-bond donors (Lipinski definition) is 0. The maximum absolute atomic E-state index is 12.9. The van der Waals surface area contributed by atoms with Crippen molar-refractivity contribution in [3.05, 3.63) is 66.0 Å². The molecule has 2 aromatic carbocycles. The number of fused-ring (bicyclic) bond motifs is 1. The predicted molar refractivity (Wildman–Crippen MR) is 101 cm³/mol. The highest BCUT2D eigenvalue weighted by Crippen LogP contribution is 2.28. The third-order valence-corrected chi connectivity index (χ3v) is 4.86. The molecule has 1 aromatic heterocycles. The quantitative estimate of drug-likeness (QED) is 0.656. The van der Waals surface area contributed by atoms with Gasteiger partial charge in [-0.05, 0) is 41.8 Å². The summed E-state index contributed by atoms with van der Waals surface area (Å²) >= 11 is 0. The fourth-order valence-electron chi connectivity index (χ4n) is 3.43. The van der Waals surface area contributed by atoms with Crippen LogP contribution in [0.15, 0.2) is 54.7 Å². The largest absolute Gasteiger partial charge is 0.458 e. The fraction of sp³-hybridized carbons (Fsp3) is 0.286. The number of likely N-dealkylation sites (tertiary alicyclic amines) is 1. The Bertz CT molecular complexity index is 1040. The van der Waals surface area contributed by atoms with Gasteiger partial charge >= 0.3 is 12.2 Å². The van der Waals surface area contributed by atoms with Gasteiger partial charge in [0.05, 0.1) is 6.54 Å². The maximum atomic E-state index is 12.9. The van der Waals surface area contributed by atoms with Crippen LogP contribution < -0.4 is 4.74 Å². The highest BCUT2D eigenvalue weighted by Gasteiger charge is 2.33. The number of ether oxygens (including phenoxy) is 1. The summed E-state index contributed by atoms with van der Waals surface area (Å²) in [4.78, 5) is 21.8. The van der Waals surface area contributed by atoms with Crippen molar-refractivity contribution >= 4 is 16.7 Å². The average molecular weight is 401 g/mol. The van der Waals surface area contributed by atoms with Gasteiger partial charge in [0.2, 0.25) is 0 Å². The lowest BCUT2D eigenvalue weighted by Gasteiger charge is -2.32. The van der Waals surface area contributed by atoms with E-state index in [0.29, 0.717) is 24.9 Å². The first-order valence-corrected chi connectivity index (χ1v) is 9.25. The Morgan fingerprint density at radius 2 is 1.90 bits per heavy atom. The van der Waals surface area contributed by atoms with Gasteiger partial charge in [0.1, 0.15) is 6.10 Å². The predicted octanol–water partition coefficient (Wildman–Crippen LogP) is 4.33. The highest BCUT2D eigenvalue weighted by atomic mass is 19.4. The van der Waals surface area contributed by atoms with Crippen LogP contribution in [0.3, 0.4) is 0 Å². The van der Waals surface area contributed by atoms with Crippen LogP contribution in [-0.4, -0.2) is 40.0 Å². The minimum absolute atomic E-state index is 0.131. The molecule has 1 aliphatic rings. The number of piperidine rings is 1. The number of carbonyl (C=O) groups excluding carboxylic acids is 1. The van der Waals surface area contributed by atoms with Crippen LogP contribution in [0.4, 0.5) is 13.2 Å². The normalized spacial score (nSPS) is 17.3. The lowest BCUT2D eigenvalue weighted by Crippen LogP contribution is -2.44. The van der Waals surface area contributed by atoms with Gasteiger partial charge in [-0.1, -0.05) is 30.3 Å². The van der Waals surface area contributed by atoms with E-state index >= 15 is 0 Å². The van der Waals surface area contributed by atoms with Crippen molar-refractivity contribution in [2.45, 2.75) is 25.1 Å². The van der Waals surface area contributed by atoms with Gasteiger partial charge in [0.25, 0.3) is 5.91 Å². The summed E-state index contributed by atoms with van der Waals surface area (Å²) < 4.78 is 44.0. The van der Waals surface area contributed by atoms with Crippen LogP contribution in [0, 0.1) is 0 Å². The van der Waals surface area contributed by atoms with E-state index in [9.17, 15) is 18.0 Å². The van der Waals surface area contributed by atoms with Crippen LogP contribution >= 0.6 is 0 Å². The molecule has 1 atom stereocenters. The Morgan fingerprint density at radius 3 is 2.69 bits per heavy atom. The van der Waals surface area contributed by atoms with Crippen molar-refractivity contribution in [3.63, 3.8) is 0 Å². The number of benzene rings is 2. The van der Waals surface area contributed by atoms with Crippen LogP contribution in [0.2, 0.25) is 0 Å². The molecular formula is C21H18F3N3O2. The first-order chi connectivity index (χ1) is 13.9. The number of nitrogens with zero attached hydrogens (tertiary/aromatic N) is 3. The lowest BCUT2D eigenvalue weighted by atomic mass is 10.0. The van der Waals surface area contributed by atoms with E-state index in [1.165, 1.54) is 0 Å². The maximum Gasteiger partial charge on any atom is 0.433 e. The third-order valence-electron chi connectivity index (χ3n) is 4.86.